The molecule has 25 heavy (non-hydrogen) atoms. The van der Waals surface area contributed by atoms with E-state index in [2.05, 4.69) is 15.1 Å². The number of β-amino-alcohol motifs (C(OH)–C–C–N with tert-alkyl or cyclic N) is 1. The summed E-state index contributed by atoms with van der Waals surface area (Å²) in [6, 6.07) is 11.7. The molecule has 1 aromatic carbocycles. The van der Waals surface area contributed by atoms with Crippen LogP contribution in [-0.4, -0.2) is 76.4 Å². The normalized spacial score (nSPS) is 18.9. The second-order valence-corrected chi connectivity index (χ2v) is 6.21. The number of carbonyl (C=O) groups excluding carboxylic acids is 1. The van der Waals surface area contributed by atoms with Gasteiger partial charge in [-0.15, -0.1) is 0 Å². The Hall–Kier alpha value is -2.22. The number of ether oxygens (including phenoxy) is 1. The Balaban J connectivity index is 1.44. The zero-order valence-corrected chi connectivity index (χ0v) is 14.2. The van der Waals surface area contributed by atoms with E-state index in [0.717, 1.165) is 12.1 Å². The summed E-state index contributed by atoms with van der Waals surface area (Å²) in [5.74, 6) is -0.126. The number of hydrogen-bond donors (Lipinski definition) is 2. The van der Waals surface area contributed by atoms with Gasteiger partial charge in [-0.3, -0.25) is 14.8 Å². The van der Waals surface area contributed by atoms with Crippen LogP contribution in [0, 0.1) is 0 Å². The Morgan fingerprint density at radius 2 is 2.08 bits per heavy atom. The van der Waals surface area contributed by atoms with Crippen molar-refractivity contribution in [2.24, 2.45) is 0 Å². The lowest BCUT2D eigenvalue weighted by atomic mass is 10.2. The molecule has 1 aromatic heterocycles. The van der Waals surface area contributed by atoms with E-state index in [4.69, 9.17) is 4.74 Å². The predicted molar refractivity (Wildman–Crippen MR) is 93.0 cm³/mol. The van der Waals surface area contributed by atoms with Crippen LogP contribution in [0.5, 0.6) is 0 Å². The Morgan fingerprint density at radius 1 is 1.24 bits per heavy atom. The molecular weight excluding hydrogens is 320 g/mol. The summed E-state index contributed by atoms with van der Waals surface area (Å²) in [5, 5.41) is 16.7. The van der Waals surface area contributed by atoms with Crippen molar-refractivity contribution < 1.29 is 14.6 Å². The SMILES string of the molecule is O=C(c1ccn[nH]1)N1CCN(CCOCc2ccccc2)C[C@H](O)C1. The third-order valence-corrected chi connectivity index (χ3v) is 4.27. The molecule has 3 rings (SSSR count). The molecule has 0 unspecified atom stereocenters. The van der Waals surface area contributed by atoms with Crippen molar-refractivity contribution in [3.05, 3.63) is 53.9 Å². The third kappa shape index (κ3) is 5.12. The second-order valence-electron chi connectivity index (χ2n) is 6.21. The molecule has 1 saturated heterocycles. The maximum atomic E-state index is 12.4. The van der Waals surface area contributed by atoms with E-state index in [1.54, 1.807) is 17.2 Å². The van der Waals surface area contributed by atoms with Crippen LogP contribution in [0.4, 0.5) is 0 Å². The number of carbonyl (C=O) groups is 1. The van der Waals surface area contributed by atoms with Gasteiger partial charge in [-0.1, -0.05) is 30.3 Å². The summed E-state index contributed by atoms with van der Waals surface area (Å²) < 4.78 is 5.71. The van der Waals surface area contributed by atoms with Gasteiger partial charge in [0.1, 0.15) is 5.69 Å². The summed E-state index contributed by atoms with van der Waals surface area (Å²) in [6.45, 7) is 4.08. The van der Waals surface area contributed by atoms with Gasteiger partial charge in [0.05, 0.1) is 19.3 Å². The molecule has 1 atom stereocenters. The van der Waals surface area contributed by atoms with Crippen molar-refractivity contribution >= 4 is 5.91 Å². The maximum absolute atomic E-state index is 12.4. The molecule has 2 heterocycles. The number of rotatable bonds is 6. The Morgan fingerprint density at radius 3 is 2.84 bits per heavy atom. The number of nitrogens with zero attached hydrogens (tertiary/aromatic N) is 3. The van der Waals surface area contributed by atoms with Crippen LogP contribution >= 0.6 is 0 Å². The third-order valence-electron chi connectivity index (χ3n) is 4.27. The molecule has 0 aliphatic carbocycles. The zero-order chi connectivity index (χ0) is 17.5. The average molecular weight is 344 g/mol. The van der Waals surface area contributed by atoms with Gasteiger partial charge in [-0.25, -0.2) is 0 Å². The minimum absolute atomic E-state index is 0.126. The van der Waals surface area contributed by atoms with E-state index in [1.807, 2.05) is 30.3 Å². The number of aromatic nitrogens is 2. The molecule has 7 heteroatoms. The highest BCUT2D eigenvalue weighted by Crippen LogP contribution is 2.08. The highest BCUT2D eigenvalue weighted by atomic mass is 16.5. The molecule has 1 aliphatic rings. The van der Waals surface area contributed by atoms with Gasteiger partial charge in [0.25, 0.3) is 5.91 Å². The highest BCUT2D eigenvalue weighted by Gasteiger charge is 2.25. The monoisotopic (exact) mass is 344 g/mol. The van der Waals surface area contributed by atoms with E-state index in [0.29, 0.717) is 45.1 Å². The van der Waals surface area contributed by atoms with Gasteiger partial charge in [-0.2, -0.15) is 5.10 Å². The number of aliphatic hydroxyl groups is 1. The largest absolute Gasteiger partial charge is 0.390 e. The summed E-state index contributed by atoms with van der Waals surface area (Å²) in [7, 11) is 0. The van der Waals surface area contributed by atoms with Gasteiger partial charge in [-0.05, 0) is 11.6 Å². The number of benzene rings is 1. The van der Waals surface area contributed by atoms with Crippen molar-refractivity contribution in [2.45, 2.75) is 12.7 Å². The summed E-state index contributed by atoms with van der Waals surface area (Å²) in [5.41, 5.74) is 1.60. The minimum atomic E-state index is -0.566. The first-order valence-corrected chi connectivity index (χ1v) is 8.53. The lowest BCUT2D eigenvalue weighted by Crippen LogP contribution is -2.37. The first kappa shape index (κ1) is 17.6. The maximum Gasteiger partial charge on any atom is 0.271 e. The molecule has 0 saturated carbocycles. The molecule has 0 radical (unpaired) electrons. The van der Waals surface area contributed by atoms with Crippen molar-refractivity contribution in [2.75, 3.05) is 39.3 Å². The molecule has 7 nitrogen and oxygen atoms in total. The van der Waals surface area contributed by atoms with Crippen LogP contribution in [0.15, 0.2) is 42.6 Å². The van der Waals surface area contributed by atoms with Crippen LogP contribution in [0.1, 0.15) is 16.1 Å². The molecule has 134 valence electrons. The lowest BCUT2D eigenvalue weighted by Gasteiger charge is -2.21. The Kier molecular flexibility index (Phi) is 6.16. The summed E-state index contributed by atoms with van der Waals surface area (Å²) >= 11 is 0. The van der Waals surface area contributed by atoms with Gasteiger partial charge in [0.2, 0.25) is 0 Å². The molecule has 1 fully saturated rings. The van der Waals surface area contributed by atoms with E-state index >= 15 is 0 Å². The highest BCUT2D eigenvalue weighted by molar-refractivity contribution is 5.92. The van der Waals surface area contributed by atoms with Crippen molar-refractivity contribution in [1.29, 1.82) is 0 Å². The second kappa shape index (κ2) is 8.75. The molecule has 0 bridgehead atoms. The fourth-order valence-electron chi connectivity index (χ4n) is 2.95. The first-order valence-electron chi connectivity index (χ1n) is 8.53. The van der Waals surface area contributed by atoms with Crippen LogP contribution in [-0.2, 0) is 11.3 Å². The molecule has 2 N–H and O–H groups in total. The van der Waals surface area contributed by atoms with Crippen LogP contribution in [0.25, 0.3) is 0 Å². The van der Waals surface area contributed by atoms with Crippen molar-refractivity contribution in [3.63, 3.8) is 0 Å². The number of hydrogen-bond acceptors (Lipinski definition) is 5. The van der Waals surface area contributed by atoms with E-state index in [-0.39, 0.29) is 5.91 Å². The number of H-pyrrole nitrogens is 1. The predicted octanol–water partition coefficient (Wildman–Crippen LogP) is 0.745. The minimum Gasteiger partial charge on any atom is -0.390 e. The average Bonchev–Trinajstić information content (AvgIpc) is 3.10. The van der Waals surface area contributed by atoms with Crippen LogP contribution in [0.3, 0.4) is 0 Å². The van der Waals surface area contributed by atoms with Crippen molar-refractivity contribution in [3.8, 4) is 0 Å². The lowest BCUT2D eigenvalue weighted by molar-refractivity contribution is 0.0633. The molecule has 0 spiro atoms. The smallest absolute Gasteiger partial charge is 0.271 e. The molecule has 1 amide bonds. The van der Waals surface area contributed by atoms with Crippen LogP contribution in [0.2, 0.25) is 0 Å². The van der Waals surface area contributed by atoms with Crippen LogP contribution < -0.4 is 0 Å². The number of aromatic amines is 1. The van der Waals surface area contributed by atoms with Gasteiger partial charge >= 0.3 is 0 Å². The number of aliphatic hydroxyl groups excluding tert-OH is 1. The number of nitrogens with one attached hydrogen (secondary N) is 1. The molecule has 2 aromatic rings. The van der Waals surface area contributed by atoms with E-state index in [9.17, 15) is 9.90 Å². The van der Waals surface area contributed by atoms with Gasteiger partial charge in [0.15, 0.2) is 0 Å². The fraction of sp³-hybridized carbons (Fsp3) is 0.444. The summed E-state index contributed by atoms with van der Waals surface area (Å²) in [4.78, 5) is 16.2. The fourth-order valence-corrected chi connectivity index (χ4v) is 2.95. The summed E-state index contributed by atoms with van der Waals surface area (Å²) in [6.07, 6.45) is 0.987. The zero-order valence-electron chi connectivity index (χ0n) is 14.2. The standard InChI is InChI=1S/C18H24N4O3/c23-16-12-21(10-11-25-14-15-4-2-1-3-5-15)8-9-22(13-16)18(24)17-6-7-19-20-17/h1-7,16,23H,8-14H2,(H,19,20)/t16-/m0/s1. The quantitative estimate of drug-likeness (QED) is 0.756. The van der Waals surface area contributed by atoms with Gasteiger partial charge in [0, 0.05) is 38.9 Å². The topological polar surface area (TPSA) is 81.7 Å². The number of amides is 1. The Bertz CT molecular complexity index is 648. The first-order chi connectivity index (χ1) is 12.2. The van der Waals surface area contributed by atoms with E-state index < -0.39 is 6.10 Å². The van der Waals surface area contributed by atoms with E-state index in [1.165, 1.54) is 0 Å². The Labute approximate surface area is 147 Å². The molecular formula is C18H24N4O3. The van der Waals surface area contributed by atoms with Crippen molar-refractivity contribution in [1.82, 2.24) is 20.0 Å². The molecule has 1 aliphatic heterocycles. The van der Waals surface area contributed by atoms with Gasteiger partial charge < -0.3 is 14.7 Å².